The molecular formula is C6H3ClN4O2. The zero-order chi connectivity index (χ0) is 9.59. The first-order valence-electron chi connectivity index (χ1n) is 3.34. The van der Waals surface area contributed by atoms with Crippen LogP contribution in [0.25, 0.3) is 0 Å². The lowest BCUT2D eigenvalue weighted by atomic mass is 10.1. The van der Waals surface area contributed by atoms with Gasteiger partial charge in [-0.05, 0) is 0 Å². The van der Waals surface area contributed by atoms with Crippen LogP contribution in [-0.2, 0) is 9.59 Å². The molecule has 0 aromatic rings. The predicted molar refractivity (Wildman–Crippen MR) is 45.8 cm³/mol. The molecule has 2 rings (SSSR count). The van der Waals surface area contributed by atoms with Gasteiger partial charge >= 0.3 is 5.91 Å². The van der Waals surface area contributed by atoms with Gasteiger partial charge in [-0.15, -0.1) is 0 Å². The van der Waals surface area contributed by atoms with Crippen molar-refractivity contribution < 1.29 is 9.59 Å². The minimum atomic E-state index is -0.929. The van der Waals surface area contributed by atoms with Crippen molar-refractivity contribution in [3.05, 3.63) is 0 Å². The van der Waals surface area contributed by atoms with E-state index in [9.17, 15) is 9.59 Å². The molecule has 0 aromatic heterocycles. The second kappa shape index (κ2) is 2.46. The third kappa shape index (κ3) is 1.06. The molecule has 0 bridgehead atoms. The Balaban J connectivity index is 2.53. The standard InChI is InChI=1S/C6H3ClN4O2/c7-3-1-2(12)5(13)10-4(1)11-6(8)9-3/h1H,(H2,8,10,11,13). The molecule has 0 aromatic carbocycles. The molecule has 0 fully saturated rings. The largest absolute Gasteiger partial charge is 0.368 e. The van der Waals surface area contributed by atoms with Crippen molar-refractivity contribution in [2.75, 3.05) is 0 Å². The molecule has 66 valence electrons. The second-order valence-corrected chi connectivity index (χ2v) is 2.86. The summed E-state index contributed by atoms with van der Waals surface area (Å²) in [4.78, 5) is 32.5. The summed E-state index contributed by atoms with van der Waals surface area (Å²) in [6, 6.07) is 0. The minimum Gasteiger partial charge on any atom is -0.368 e. The Morgan fingerprint density at radius 1 is 1.23 bits per heavy atom. The summed E-state index contributed by atoms with van der Waals surface area (Å²) >= 11 is 5.61. The number of amidine groups is 1. The number of fused-ring (bicyclic) bond motifs is 1. The average Bonchev–Trinajstić information content (AvgIpc) is 2.27. The van der Waals surface area contributed by atoms with E-state index in [4.69, 9.17) is 17.3 Å². The lowest BCUT2D eigenvalue weighted by Crippen LogP contribution is -2.31. The average molecular weight is 199 g/mol. The molecule has 0 saturated carbocycles. The maximum Gasteiger partial charge on any atom is 0.316 e. The van der Waals surface area contributed by atoms with E-state index in [1.807, 2.05) is 0 Å². The van der Waals surface area contributed by atoms with Crippen LogP contribution in [0, 0.1) is 5.92 Å². The van der Waals surface area contributed by atoms with Crippen LogP contribution in [0.3, 0.4) is 0 Å². The van der Waals surface area contributed by atoms with Gasteiger partial charge in [0, 0.05) is 0 Å². The number of ketones is 1. The Bertz CT molecular complexity index is 409. The van der Waals surface area contributed by atoms with Crippen LogP contribution in [0.4, 0.5) is 0 Å². The number of aliphatic imine (C=N–C) groups is 3. The van der Waals surface area contributed by atoms with Crippen molar-refractivity contribution >= 4 is 40.3 Å². The molecule has 13 heavy (non-hydrogen) atoms. The fourth-order valence-corrected chi connectivity index (χ4v) is 1.37. The van der Waals surface area contributed by atoms with Crippen LogP contribution in [0.1, 0.15) is 0 Å². The summed E-state index contributed by atoms with van der Waals surface area (Å²) in [7, 11) is 0. The Labute approximate surface area is 77.2 Å². The molecule has 0 radical (unpaired) electrons. The zero-order valence-corrected chi connectivity index (χ0v) is 6.95. The van der Waals surface area contributed by atoms with Crippen molar-refractivity contribution in [1.29, 1.82) is 0 Å². The Morgan fingerprint density at radius 2 is 1.92 bits per heavy atom. The molecule has 2 heterocycles. The normalized spacial score (nSPS) is 26.5. The number of carbonyl (C=O) groups is 2. The first-order chi connectivity index (χ1) is 6.09. The number of Topliss-reactive ketones (excluding diaryl/α,β-unsaturated/α-hetero) is 1. The van der Waals surface area contributed by atoms with Gasteiger partial charge in [-0.2, -0.15) is 9.98 Å². The molecule has 0 spiro atoms. The van der Waals surface area contributed by atoms with Crippen molar-refractivity contribution in [2.45, 2.75) is 0 Å². The number of rotatable bonds is 0. The minimum absolute atomic E-state index is 0.0347. The SMILES string of the molecule is NC1=NC2=NC(=O)C(=O)C2C(Cl)=N1. The number of nitrogens with zero attached hydrogens (tertiary/aromatic N) is 3. The summed E-state index contributed by atoms with van der Waals surface area (Å²) in [6.07, 6.45) is 0. The molecule has 6 nitrogen and oxygen atoms in total. The Kier molecular flexibility index (Phi) is 1.53. The Hall–Kier alpha value is -1.56. The van der Waals surface area contributed by atoms with Crippen LogP contribution in [0.5, 0.6) is 0 Å². The highest BCUT2D eigenvalue weighted by atomic mass is 35.5. The number of halogens is 1. The maximum absolute atomic E-state index is 11.1. The van der Waals surface area contributed by atoms with E-state index in [-0.39, 0.29) is 17.0 Å². The monoisotopic (exact) mass is 198 g/mol. The lowest BCUT2D eigenvalue weighted by molar-refractivity contribution is -0.135. The molecule has 1 unspecified atom stereocenters. The number of carbonyl (C=O) groups excluding carboxylic acids is 2. The van der Waals surface area contributed by atoms with Crippen molar-refractivity contribution in [3.63, 3.8) is 0 Å². The number of nitrogens with two attached hydrogens (primary N) is 1. The van der Waals surface area contributed by atoms with E-state index in [0.717, 1.165) is 0 Å². The van der Waals surface area contributed by atoms with Crippen molar-refractivity contribution in [1.82, 2.24) is 0 Å². The van der Waals surface area contributed by atoms with Gasteiger partial charge in [-0.1, -0.05) is 11.6 Å². The van der Waals surface area contributed by atoms with E-state index < -0.39 is 17.6 Å². The smallest absolute Gasteiger partial charge is 0.316 e. The topological polar surface area (TPSA) is 97.2 Å². The van der Waals surface area contributed by atoms with Gasteiger partial charge in [0.05, 0.1) is 0 Å². The Morgan fingerprint density at radius 3 is 2.62 bits per heavy atom. The molecule has 7 heteroatoms. The number of guanidine groups is 1. The number of amides is 1. The first kappa shape index (κ1) is 8.06. The zero-order valence-electron chi connectivity index (χ0n) is 6.19. The number of hydrogen-bond donors (Lipinski definition) is 1. The van der Waals surface area contributed by atoms with Gasteiger partial charge in [0.15, 0.2) is 5.84 Å². The fraction of sp³-hybridized carbons (Fsp3) is 0.167. The molecule has 2 aliphatic rings. The van der Waals surface area contributed by atoms with Gasteiger partial charge in [0.25, 0.3) is 0 Å². The van der Waals surface area contributed by atoms with Crippen LogP contribution < -0.4 is 5.73 Å². The highest BCUT2D eigenvalue weighted by Gasteiger charge is 2.41. The molecule has 0 saturated heterocycles. The van der Waals surface area contributed by atoms with E-state index >= 15 is 0 Å². The summed E-state index contributed by atoms with van der Waals surface area (Å²) < 4.78 is 0. The van der Waals surface area contributed by atoms with E-state index in [0.29, 0.717) is 0 Å². The lowest BCUT2D eigenvalue weighted by Gasteiger charge is -2.09. The molecule has 2 aliphatic heterocycles. The van der Waals surface area contributed by atoms with Crippen LogP contribution in [0.2, 0.25) is 0 Å². The first-order valence-corrected chi connectivity index (χ1v) is 3.72. The molecule has 2 N–H and O–H groups in total. The van der Waals surface area contributed by atoms with Crippen LogP contribution in [-0.4, -0.2) is 28.7 Å². The van der Waals surface area contributed by atoms with Gasteiger partial charge in [0.2, 0.25) is 11.7 Å². The van der Waals surface area contributed by atoms with Crippen molar-refractivity contribution in [3.8, 4) is 0 Å². The van der Waals surface area contributed by atoms with Gasteiger partial charge in [-0.3, -0.25) is 9.59 Å². The molecule has 1 atom stereocenters. The third-order valence-electron chi connectivity index (χ3n) is 1.64. The number of hydrogen-bond acceptors (Lipinski definition) is 5. The summed E-state index contributed by atoms with van der Waals surface area (Å²) in [5.74, 6) is -2.55. The maximum atomic E-state index is 11.1. The molecule has 0 aliphatic carbocycles. The fourth-order valence-electron chi connectivity index (χ4n) is 1.09. The van der Waals surface area contributed by atoms with Gasteiger partial charge in [0.1, 0.15) is 11.1 Å². The van der Waals surface area contributed by atoms with Crippen molar-refractivity contribution in [2.24, 2.45) is 26.6 Å². The highest BCUT2D eigenvalue weighted by molar-refractivity contribution is 6.74. The van der Waals surface area contributed by atoms with Gasteiger partial charge < -0.3 is 5.73 Å². The highest BCUT2D eigenvalue weighted by Crippen LogP contribution is 2.20. The third-order valence-corrected chi connectivity index (χ3v) is 1.94. The summed E-state index contributed by atoms with van der Waals surface area (Å²) in [6.45, 7) is 0. The summed E-state index contributed by atoms with van der Waals surface area (Å²) in [5.41, 5.74) is 5.25. The van der Waals surface area contributed by atoms with Crippen LogP contribution in [0.15, 0.2) is 15.0 Å². The van der Waals surface area contributed by atoms with Gasteiger partial charge in [-0.25, -0.2) is 4.99 Å². The quantitative estimate of drug-likeness (QED) is 0.510. The second-order valence-electron chi connectivity index (χ2n) is 2.48. The molecule has 1 amide bonds. The van der Waals surface area contributed by atoms with E-state index in [1.54, 1.807) is 0 Å². The predicted octanol–water partition coefficient (Wildman–Crippen LogP) is -0.924. The van der Waals surface area contributed by atoms with Crippen LogP contribution >= 0.6 is 11.6 Å². The van der Waals surface area contributed by atoms with E-state index in [1.165, 1.54) is 0 Å². The summed E-state index contributed by atoms with van der Waals surface area (Å²) in [5, 5.41) is -0.0536. The molecular weight excluding hydrogens is 196 g/mol. The van der Waals surface area contributed by atoms with E-state index in [2.05, 4.69) is 15.0 Å².